The third-order valence-electron chi connectivity index (χ3n) is 4.46. The highest BCUT2D eigenvalue weighted by atomic mass is 127. The van der Waals surface area contributed by atoms with Gasteiger partial charge in [0.1, 0.15) is 10.8 Å². The molecule has 1 fully saturated rings. The third-order valence-corrected chi connectivity index (χ3v) is 6.81. The van der Waals surface area contributed by atoms with Crippen LogP contribution in [0, 0.1) is 0 Å². The fourth-order valence-electron chi connectivity index (χ4n) is 3.37. The van der Waals surface area contributed by atoms with E-state index in [1.165, 1.54) is 19.4 Å². The van der Waals surface area contributed by atoms with Gasteiger partial charge in [-0.1, -0.05) is 11.6 Å². The van der Waals surface area contributed by atoms with Gasteiger partial charge in [0.15, 0.2) is 5.79 Å². The van der Waals surface area contributed by atoms with Crippen molar-refractivity contribution in [2.24, 2.45) is 0 Å². The van der Waals surface area contributed by atoms with E-state index in [1.54, 1.807) is 0 Å². The first-order valence-corrected chi connectivity index (χ1v) is 13.5. The summed E-state index contributed by atoms with van der Waals surface area (Å²) in [7, 11) is 0. The van der Waals surface area contributed by atoms with Crippen LogP contribution in [0.3, 0.4) is 0 Å². The van der Waals surface area contributed by atoms with Crippen LogP contribution in [0.4, 0.5) is 0 Å². The van der Waals surface area contributed by atoms with Crippen LogP contribution in [0.15, 0.2) is 24.7 Å². The van der Waals surface area contributed by atoms with E-state index < -0.39 is 5.79 Å². The molecule has 3 unspecified atom stereocenters. The van der Waals surface area contributed by atoms with Crippen molar-refractivity contribution in [3.63, 3.8) is 0 Å². The molecule has 0 spiro atoms. The van der Waals surface area contributed by atoms with E-state index in [9.17, 15) is 0 Å². The third kappa shape index (κ3) is 5.55. The largest absolute Gasteiger partial charge is 0.366 e. The zero-order valence-corrected chi connectivity index (χ0v) is 20.0. The number of hydrogen-bond acceptors (Lipinski definition) is 5. The van der Waals surface area contributed by atoms with Gasteiger partial charge in [-0.2, -0.15) is 10.1 Å². The van der Waals surface area contributed by atoms with Crippen molar-refractivity contribution in [1.29, 1.82) is 0 Å². The van der Waals surface area contributed by atoms with E-state index in [-0.39, 0.29) is 5.28 Å². The van der Waals surface area contributed by atoms with Gasteiger partial charge in [-0.25, -0.2) is 9.44 Å². The van der Waals surface area contributed by atoms with Gasteiger partial charge < -0.3 is 14.8 Å². The lowest BCUT2D eigenvalue weighted by atomic mass is 10.0. The maximum atomic E-state index is 8.08. The van der Waals surface area contributed by atoms with Crippen LogP contribution in [-0.2, 0) is 0 Å². The van der Waals surface area contributed by atoms with E-state index in [0.29, 0.717) is 23.5 Å². The molecule has 4 rings (SSSR count). The monoisotopic (exact) mass is 555 g/mol. The minimum Gasteiger partial charge on any atom is -0.366 e. The molecule has 1 aliphatic carbocycles. The van der Waals surface area contributed by atoms with Crippen molar-refractivity contribution in [3.05, 3.63) is 40.7 Å². The molecular weight excluding hydrogens is 535 g/mol. The van der Waals surface area contributed by atoms with Gasteiger partial charge in [0.05, 0.1) is 18.0 Å². The molecule has 0 aliphatic heterocycles. The lowest BCUT2D eigenvalue weighted by Crippen LogP contribution is -2.15. The number of aliphatic hydroxyl groups is 2. The summed E-state index contributed by atoms with van der Waals surface area (Å²) in [6, 6.07) is 2.38. The van der Waals surface area contributed by atoms with E-state index >= 15 is 0 Å². The first-order chi connectivity index (χ1) is 13.2. The van der Waals surface area contributed by atoms with Crippen molar-refractivity contribution in [3.8, 4) is 0 Å². The van der Waals surface area contributed by atoms with Crippen molar-refractivity contribution in [2.45, 2.75) is 50.9 Å². The van der Waals surface area contributed by atoms with Crippen molar-refractivity contribution >= 4 is 62.7 Å². The molecule has 0 amide bonds. The molecule has 11 heteroatoms. The van der Waals surface area contributed by atoms with Gasteiger partial charge in [-0.3, -0.25) is 0 Å². The molecule has 0 saturated heterocycles. The average Bonchev–Trinajstić information content (AvgIpc) is 3.31. The van der Waals surface area contributed by atoms with Gasteiger partial charge in [0.25, 0.3) is 0 Å². The molecule has 3 heterocycles. The lowest BCUT2D eigenvalue weighted by Gasteiger charge is -2.14. The molecule has 152 valence electrons. The number of rotatable bonds is 3. The van der Waals surface area contributed by atoms with Crippen LogP contribution in [0.5, 0.6) is 0 Å². The quantitative estimate of drug-likeness (QED) is 0.157. The Labute approximate surface area is 187 Å². The van der Waals surface area contributed by atoms with Crippen LogP contribution < -0.4 is 0 Å². The maximum absolute atomic E-state index is 8.08. The summed E-state index contributed by atoms with van der Waals surface area (Å²) in [5, 5.41) is 22.0. The van der Waals surface area contributed by atoms with Gasteiger partial charge >= 0.3 is 0 Å². The molecule has 0 radical (unpaired) electrons. The van der Waals surface area contributed by atoms with Crippen molar-refractivity contribution < 1.29 is 10.2 Å². The van der Waals surface area contributed by atoms with Crippen LogP contribution in [-0.4, -0.2) is 40.1 Å². The van der Waals surface area contributed by atoms with E-state index in [1.807, 2.05) is 22.9 Å². The molecule has 1 aliphatic rings. The highest BCUT2D eigenvalue weighted by molar-refractivity contribution is 14.2. The van der Waals surface area contributed by atoms with E-state index in [0.717, 1.165) is 30.3 Å². The molecule has 0 aromatic carbocycles. The second kappa shape index (κ2) is 9.10. The molecule has 28 heavy (non-hydrogen) atoms. The fourth-order valence-corrected chi connectivity index (χ4v) is 4.90. The van der Waals surface area contributed by atoms with Gasteiger partial charge in [-0.05, 0) is 84.3 Å². The smallest absolute Gasteiger partial charge is 0.225 e. The summed E-state index contributed by atoms with van der Waals surface area (Å²) in [6.07, 6.45) is 10.2. The topological polar surface area (TPSA) is 89.0 Å². The van der Waals surface area contributed by atoms with Crippen LogP contribution >= 0.6 is 51.6 Å². The number of hydrogen-bond donors (Lipinski definition) is 2. The number of fused-ring (bicyclic) bond motifs is 1. The van der Waals surface area contributed by atoms with E-state index in [4.69, 9.17) is 33.4 Å². The van der Waals surface area contributed by atoms with Crippen LogP contribution in [0.25, 0.3) is 11.0 Å². The Hall–Kier alpha value is -0.510. The Morgan fingerprint density at radius 3 is 2.61 bits per heavy atom. The molecule has 3 aromatic heterocycles. The summed E-state index contributed by atoms with van der Waals surface area (Å²) in [4.78, 5) is 8.38. The normalized spacial score (nSPS) is 20.1. The Bertz CT molecular complexity index is 953. The average molecular weight is 556 g/mol. The standard InChI is InChI=1S/C14H13Cl2IN5P.C3H8O2/c15-12-11-3-4-21(13(11)20-14(16)19-12)10-2-1-8(5-10)9-6-18-22(7-9)23-17;1-3(2,4)5/h3-4,6-8,10,23H,1-2,5H2;4-5H,1-2H3. The predicted octanol–water partition coefficient (Wildman–Crippen LogP) is 4.94. The van der Waals surface area contributed by atoms with E-state index in [2.05, 4.69) is 47.9 Å². The summed E-state index contributed by atoms with van der Waals surface area (Å²) in [6.45, 7) is 2.60. The highest BCUT2D eigenvalue weighted by Gasteiger charge is 2.29. The van der Waals surface area contributed by atoms with Gasteiger partial charge in [0.2, 0.25) is 5.28 Å². The summed E-state index contributed by atoms with van der Waals surface area (Å²) >= 11 is 14.5. The first kappa shape index (κ1) is 22.2. The van der Waals surface area contributed by atoms with Crippen molar-refractivity contribution in [2.75, 3.05) is 0 Å². The molecule has 2 N–H and O–H groups in total. The number of aromatic nitrogens is 5. The lowest BCUT2D eigenvalue weighted by molar-refractivity contribution is -0.127. The maximum Gasteiger partial charge on any atom is 0.225 e. The van der Waals surface area contributed by atoms with Gasteiger partial charge in [0, 0.05) is 18.4 Å². The summed E-state index contributed by atoms with van der Waals surface area (Å²) < 4.78 is 4.19. The second-order valence-corrected chi connectivity index (χ2v) is 9.98. The highest BCUT2D eigenvalue weighted by Crippen LogP contribution is 2.42. The van der Waals surface area contributed by atoms with Crippen LogP contribution in [0.1, 0.15) is 50.6 Å². The molecule has 1 saturated carbocycles. The zero-order valence-electron chi connectivity index (χ0n) is 15.3. The Morgan fingerprint density at radius 2 is 1.96 bits per heavy atom. The molecular formula is C17H21Cl2IN5O2P. The summed E-state index contributed by atoms with van der Waals surface area (Å²) in [5.41, 5.74) is 2.16. The van der Waals surface area contributed by atoms with Crippen LogP contribution in [0.2, 0.25) is 10.4 Å². The second-order valence-electron chi connectivity index (χ2n) is 7.20. The molecule has 3 aromatic rings. The number of halogens is 3. The molecule has 0 bridgehead atoms. The minimum absolute atomic E-state index is 0.196. The fraction of sp³-hybridized carbons (Fsp3) is 0.471. The predicted molar refractivity (Wildman–Crippen MR) is 122 cm³/mol. The molecule has 7 nitrogen and oxygen atoms in total. The van der Waals surface area contributed by atoms with Gasteiger partial charge in [-0.15, -0.1) is 0 Å². The summed E-state index contributed by atoms with van der Waals surface area (Å²) in [5.74, 6) is -0.952. The SMILES string of the molecule is CC(C)(O)O.Clc1nc(Cl)c2ccn(C3CCC(c4cnn(PI)c4)C3)c2n1. The first-order valence-electron chi connectivity index (χ1n) is 8.71. The minimum atomic E-state index is -1.50. The Morgan fingerprint density at radius 1 is 1.25 bits per heavy atom. The Kier molecular flexibility index (Phi) is 7.21. The molecule has 3 atom stereocenters. The number of nitrogens with zero attached hydrogens (tertiary/aromatic N) is 5. The van der Waals surface area contributed by atoms with Crippen molar-refractivity contribution in [1.82, 2.24) is 24.1 Å². The zero-order chi connectivity index (χ0) is 20.5. The Balaban J connectivity index is 0.000000403.